The maximum Gasteiger partial charge on any atom is 0.308 e. The van der Waals surface area contributed by atoms with Crippen LogP contribution in [0.25, 0.3) is 0 Å². The van der Waals surface area contributed by atoms with Gasteiger partial charge in [-0.2, -0.15) is 0 Å². The van der Waals surface area contributed by atoms with Crippen molar-refractivity contribution in [1.82, 2.24) is 0 Å². The Labute approximate surface area is 114 Å². The molecule has 0 spiro atoms. The fourth-order valence-corrected chi connectivity index (χ4v) is 3.74. The van der Waals surface area contributed by atoms with E-state index in [1.807, 2.05) is 13.8 Å². The Morgan fingerprint density at radius 1 is 1.44 bits per heavy atom. The molecule has 0 bridgehead atoms. The molecule has 1 aliphatic carbocycles. The molecule has 6 unspecified atom stereocenters. The lowest BCUT2D eigenvalue weighted by atomic mass is 9.78. The standard InChI is InChI=1S/C14H23ClO3/c1-3-10(15)13(14(16)17)8(2)6-9-4-5-11-12(7-9)18-11/h8-13H,3-7H2,1-2H3,(H,16,17). The van der Waals surface area contributed by atoms with Crippen LogP contribution in [0, 0.1) is 17.8 Å². The summed E-state index contributed by atoms with van der Waals surface area (Å²) in [4.78, 5) is 11.3. The van der Waals surface area contributed by atoms with Crippen molar-refractivity contribution in [2.75, 3.05) is 0 Å². The first kappa shape index (κ1) is 14.1. The smallest absolute Gasteiger partial charge is 0.308 e. The number of rotatable bonds is 6. The SMILES string of the molecule is CCC(Cl)C(C(=O)O)C(C)CC1CCC2OC2C1. The molecule has 3 nitrogen and oxygen atoms in total. The first-order valence-electron chi connectivity index (χ1n) is 7.05. The first-order valence-corrected chi connectivity index (χ1v) is 7.48. The first-order chi connectivity index (χ1) is 8.52. The molecule has 2 aliphatic rings. The zero-order valence-corrected chi connectivity index (χ0v) is 11.9. The van der Waals surface area contributed by atoms with Gasteiger partial charge >= 0.3 is 5.97 Å². The Hall–Kier alpha value is -0.280. The number of aliphatic carboxylic acids is 1. The van der Waals surface area contributed by atoms with Crippen molar-refractivity contribution in [3.8, 4) is 0 Å². The third kappa shape index (κ3) is 3.18. The zero-order chi connectivity index (χ0) is 13.3. The van der Waals surface area contributed by atoms with Gasteiger partial charge in [-0.05, 0) is 43.9 Å². The van der Waals surface area contributed by atoms with E-state index in [-0.39, 0.29) is 11.3 Å². The lowest BCUT2D eigenvalue weighted by Crippen LogP contribution is -2.32. The lowest BCUT2D eigenvalue weighted by molar-refractivity contribution is -0.143. The van der Waals surface area contributed by atoms with Crippen molar-refractivity contribution in [3.63, 3.8) is 0 Å². The van der Waals surface area contributed by atoms with E-state index in [0.29, 0.717) is 24.5 Å². The van der Waals surface area contributed by atoms with E-state index in [0.717, 1.165) is 19.3 Å². The Morgan fingerprint density at radius 3 is 2.72 bits per heavy atom. The summed E-state index contributed by atoms with van der Waals surface area (Å²) in [7, 11) is 0. The molecule has 1 heterocycles. The van der Waals surface area contributed by atoms with Crippen LogP contribution in [0.15, 0.2) is 0 Å². The van der Waals surface area contributed by atoms with Gasteiger partial charge in [0, 0.05) is 5.38 Å². The van der Waals surface area contributed by atoms with E-state index in [2.05, 4.69) is 0 Å². The second-order valence-electron chi connectivity index (χ2n) is 5.89. The molecule has 1 saturated heterocycles. The molecule has 2 fully saturated rings. The predicted octanol–water partition coefficient (Wildman–Crippen LogP) is 3.30. The largest absolute Gasteiger partial charge is 0.481 e. The van der Waals surface area contributed by atoms with E-state index in [1.54, 1.807) is 0 Å². The van der Waals surface area contributed by atoms with Gasteiger partial charge in [-0.1, -0.05) is 13.8 Å². The summed E-state index contributed by atoms with van der Waals surface area (Å²) in [5.41, 5.74) is 0. The number of carbonyl (C=O) groups is 1. The highest BCUT2D eigenvalue weighted by Crippen LogP contribution is 2.42. The van der Waals surface area contributed by atoms with Gasteiger partial charge in [-0.3, -0.25) is 4.79 Å². The summed E-state index contributed by atoms with van der Waals surface area (Å²) >= 11 is 6.17. The van der Waals surface area contributed by atoms with Crippen LogP contribution < -0.4 is 0 Å². The maximum absolute atomic E-state index is 11.3. The van der Waals surface area contributed by atoms with Crippen molar-refractivity contribution in [3.05, 3.63) is 0 Å². The normalized spacial score (nSPS) is 35.4. The fourth-order valence-electron chi connectivity index (χ4n) is 3.38. The van der Waals surface area contributed by atoms with Gasteiger partial charge in [0.25, 0.3) is 0 Å². The average Bonchev–Trinajstić information content (AvgIpc) is 3.06. The van der Waals surface area contributed by atoms with E-state index < -0.39 is 11.9 Å². The summed E-state index contributed by atoms with van der Waals surface area (Å²) in [6.45, 7) is 3.98. The van der Waals surface area contributed by atoms with Crippen molar-refractivity contribution in [2.24, 2.45) is 17.8 Å². The van der Waals surface area contributed by atoms with Crippen LogP contribution in [0.2, 0.25) is 0 Å². The van der Waals surface area contributed by atoms with Gasteiger partial charge in [-0.25, -0.2) is 0 Å². The van der Waals surface area contributed by atoms with Gasteiger partial charge in [0.1, 0.15) is 0 Å². The quantitative estimate of drug-likeness (QED) is 0.597. The summed E-state index contributed by atoms with van der Waals surface area (Å²) in [6, 6.07) is 0. The minimum Gasteiger partial charge on any atom is -0.481 e. The molecule has 1 aliphatic heterocycles. The lowest BCUT2D eigenvalue weighted by Gasteiger charge is -2.28. The maximum atomic E-state index is 11.3. The number of carboxylic acid groups (broad SMARTS) is 1. The van der Waals surface area contributed by atoms with Gasteiger partial charge in [0.15, 0.2) is 0 Å². The Kier molecular flexibility index (Phi) is 4.54. The summed E-state index contributed by atoms with van der Waals surface area (Å²) < 4.78 is 5.52. The number of ether oxygens (including phenoxy) is 1. The number of hydrogen-bond donors (Lipinski definition) is 1. The van der Waals surface area contributed by atoms with Crippen LogP contribution in [-0.4, -0.2) is 28.7 Å². The van der Waals surface area contributed by atoms with E-state index in [1.165, 1.54) is 6.42 Å². The van der Waals surface area contributed by atoms with Crippen molar-refractivity contribution in [1.29, 1.82) is 0 Å². The summed E-state index contributed by atoms with van der Waals surface area (Å²) in [5, 5.41) is 9.07. The number of alkyl halides is 1. The highest BCUT2D eigenvalue weighted by Gasteiger charge is 2.44. The minimum absolute atomic E-state index is 0.144. The van der Waals surface area contributed by atoms with Crippen LogP contribution in [0.4, 0.5) is 0 Å². The van der Waals surface area contributed by atoms with Crippen molar-refractivity contribution < 1.29 is 14.6 Å². The molecule has 0 aromatic rings. The third-order valence-corrected chi connectivity index (χ3v) is 5.08. The molecule has 6 atom stereocenters. The van der Waals surface area contributed by atoms with Crippen LogP contribution >= 0.6 is 11.6 Å². The van der Waals surface area contributed by atoms with Gasteiger partial charge < -0.3 is 9.84 Å². The molecule has 18 heavy (non-hydrogen) atoms. The van der Waals surface area contributed by atoms with Crippen molar-refractivity contribution in [2.45, 2.75) is 63.5 Å². The number of hydrogen-bond acceptors (Lipinski definition) is 2. The van der Waals surface area contributed by atoms with Crippen LogP contribution in [0.3, 0.4) is 0 Å². The summed E-state index contributed by atoms with van der Waals surface area (Å²) in [6.07, 6.45) is 6.10. The molecular weight excluding hydrogens is 252 g/mol. The van der Waals surface area contributed by atoms with Gasteiger partial charge in [-0.15, -0.1) is 11.6 Å². The Balaban J connectivity index is 1.87. The minimum atomic E-state index is -0.749. The van der Waals surface area contributed by atoms with E-state index in [4.69, 9.17) is 16.3 Å². The molecule has 0 radical (unpaired) electrons. The second kappa shape index (κ2) is 5.79. The monoisotopic (exact) mass is 274 g/mol. The second-order valence-corrected chi connectivity index (χ2v) is 6.45. The molecule has 0 aromatic heterocycles. The molecule has 1 saturated carbocycles. The average molecular weight is 275 g/mol. The Morgan fingerprint density at radius 2 is 2.17 bits per heavy atom. The number of epoxide rings is 1. The van der Waals surface area contributed by atoms with Crippen LogP contribution in [0.1, 0.15) is 46.0 Å². The highest BCUT2D eigenvalue weighted by atomic mass is 35.5. The molecule has 104 valence electrons. The number of halogens is 1. The number of fused-ring (bicyclic) bond motifs is 1. The molecular formula is C14H23ClO3. The third-order valence-electron chi connectivity index (χ3n) is 4.50. The number of carboxylic acids is 1. The molecule has 4 heteroatoms. The fraction of sp³-hybridized carbons (Fsp3) is 0.929. The van der Waals surface area contributed by atoms with Crippen molar-refractivity contribution >= 4 is 17.6 Å². The van der Waals surface area contributed by atoms with Gasteiger partial charge in [0.05, 0.1) is 18.1 Å². The predicted molar refractivity (Wildman–Crippen MR) is 70.8 cm³/mol. The Bertz CT molecular complexity index is 307. The van der Waals surface area contributed by atoms with E-state index >= 15 is 0 Å². The molecule has 0 aromatic carbocycles. The van der Waals surface area contributed by atoms with Gasteiger partial charge in [0.2, 0.25) is 0 Å². The highest BCUT2D eigenvalue weighted by molar-refractivity contribution is 6.21. The van der Waals surface area contributed by atoms with E-state index in [9.17, 15) is 9.90 Å². The van der Waals surface area contributed by atoms with Crippen LogP contribution in [0.5, 0.6) is 0 Å². The van der Waals surface area contributed by atoms with Crippen LogP contribution in [-0.2, 0) is 9.53 Å². The molecule has 0 amide bonds. The summed E-state index contributed by atoms with van der Waals surface area (Å²) in [5.74, 6) is -0.410. The molecule has 2 rings (SSSR count). The zero-order valence-electron chi connectivity index (χ0n) is 11.1. The topological polar surface area (TPSA) is 49.8 Å². The molecule has 1 N–H and O–H groups in total.